The van der Waals surface area contributed by atoms with Gasteiger partial charge in [-0.25, -0.2) is 9.00 Å². The molecule has 11 heteroatoms. The van der Waals surface area contributed by atoms with Crippen LogP contribution in [0.3, 0.4) is 0 Å². The summed E-state index contributed by atoms with van der Waals surface area (Å²) in [6, 6.07) is -1.36. The van der Waals surface area contributed by atoms with Gasteiger partial charge in [0.2, 0.25) is 17.7 Å². The molecular weight excluding hydrogens is 508 g/mol. The molecule has 4 fully saturated rings. The number of nitrogens with two attached hydrogens (primary N) is 1. The summed E-state index contributed by atoms with van der Waals surface area (Å²) < 4.78 is 20.0. The van der Waals surface area contributed by atoms with E-state index in [2.05, 4.69) is 22.2 Å². The number of nitrogens with one attached hydrogen (secondary N) is 2. The third-order valence-electron chi connectivity index (χ3n) is 7.98. The number of carbonyl (C=O) groups is 4. The van der Waals surface area contributed by atoms with Gasteiger partial charge >= 0.3 is 6.09 Å². The Morgan fingerprint density at radius 3 is 2.50 bits per heavy atom. The molecule has 0 bridgehead atoms. The van der Waals surface area contributed by atoms with Gasteiger partial charge in [-0.15, -0.1) is 0 Å². The fraction of sp³-hybridized carbons (Fsp3) is 0.778. The Labute approximate surface area is 227 Å². The molecule has 0 radical (unpaired) electrons. The fourth-order valence-corrected chi connectivity index (χ4v) is 6.53. The first-order chi connectivity index (χ1) is 18.3. The summed E-state index contributed by atoms with van der Waals surface area (Å²) in [6.07, 6.45) is 15.1. The van der Waals surface area contributed by atoms with E-state index in [4.69, 9.17) is 10.5 Å². The zero-order valence-corrected chi connectivity index (χ0v) is 22.9. The van der Waals surface area contributed by atoms with E-state index >= 15 is 0 Å². The second kappa shape index (κ2) is 13.6. The molecule has 4 amide bonds. The Hall–Kier alpha value is -2.43. The molecule has 4 N–H and O–H groups in total. The van der Waals surface area contributed by atoms with Gasteiger partial charge in [-0.05, 0) is 83.0 Å². The van der Waals surface area contributed by atoms with E-state index in [1.807, 2.05) is 0 Å². The zero-order valence-electron chi connectivity index (χ0n) is 22.1. The largest absolute Gasteiger partial charge is 0.446 e. The molecule has 10 nitrogen and oxygen atoms in total. The number of rotatable bonds is 14. The summed E-state index contributed by atoms with van der Waals surface area (Å²) in [6.45, 7) is 0.462. The lowest BCUT2D eigenvalue weighted by atomic mass is 10.0. The molecule has 1 unspecified atom stereocenters. The van der Waals surface area contributed by atoms with Crippen molar-refractivity contribution in [2.45, 2.75) is 113 Å². The van der Waals surface area contributed by atoms with Crippen LogP contribution in [0.25, 0.3) is 0 Å². The molecule has 0 aromatic carbocycles. The number of nitrogens with zero attached hydrogens (tertiary/aromatic N) is 1. The second-order valence-corrected chi connectivity index (χ2v) is 12.6. The standard InChI is InChI=1S/C27H42N4O6S/c28-24(32)23-13-8-16-31(23)26(34)22(29-27(35)37-19-10-6-7-11-19)12-5-3-1-2-4-9-18-17-21(18)25(33)30-38(36)20-14-15-20/h4,9,18-23H,1-3,5-8,10-17H2,(H2,28,32)(H,29,35)(H,30,33)/b9-4-/t18-,21?,22+,23+,38-/m1/s1. The Balaban J connectivity index is 1.17. The summed E-state index contributed by atoms with van der Waals surface area (Å²) in [5.41, 5.74) is 5.50. The van der Waals surface area contributed by atoms with E-state index < -0.39 is 35.1 Å². The number of amides is 4. The molecular formula is C27H42N4O6S. The SMILES string of the molecule is NC(=O)[C@@H]1CCCN1C(=O)[C@H](CCCCC/C=C\[C@@H]1CC1C(=O)N[S@](=O)C1CC1)NC(=O)OC1CCCC1. The fourth-order valence-electron chi connectivity index (χ4n) is 5.45. The van der Waals surface area contributed by atoms with Crippen LogP contribution in [-0.4, -0.2) is 62.9 Å². The summed E-state index contributed by atoms with van der Waals surface area (Å²) in [5.74, 6) is -0.722. The van der Waals surface area contributed by atoms with Crippen molar-refractivity contribution in [1.82, 2.24) is 14.9 Å². The molecule has 0 spiro atoms. The maximum atomic E-state index is 13.3. The molecule has 212 valence electrons. The number of primary amides is 1. The highest BCUT2D eigenvalue weighted by atomic mass is 32.2. The molecule has 1 saturated heterocycles. The zero-order chi connectivity index (χ0) is 27.1. The summed E-state index contributed by atoms with van der Waals surface area (Å²) in [5, 5.41) is 2.91. The number of hydrogen-bond donors (Lipinski definition) is 3. The first-order valence-electron chi connectivity index (χ1n) is 14.3. The summed E-state index contributed by atoms with van der Waals surface area (Å²) >= 11 is 0. The van der Waals surface area contributed by atoms with Crippen molar-refractivity contribution in [2.24, 2.45) is 17.6 Å². The third-order valence-corrected chi connectivity index (χ3v) is 9.46. The number of unbranched alkanes of at least 4 members (excludes halogenated alkanes) is 3. The topological polar surface area (TPSA) is 148 Å². The molecule has 1 heterocycles. The van der Waals surface area contributed by atoms with Crippen LogP contribution in [0.4, 0.5) is 4.79 Å². The lowest BCUT2D eigenvalue weighted by Crippen LogP contribution is -2.53. The van der Waals surface area contributed by atoms with Gasteiger partial charge in [0.05, 0.1) is 5.25 Å². The Bertz CT molecular complexity index is 933. The van der Waals surface area contributed by atoms with Gasteiger partial charge in [0.1, 0.15) is 29.2 Å². The molecule has 4 rings (SSSR count). The van der Waals surface area contributed by atoms with Crippen molar-refractivity contribution in [3.63, 3.8) is 0 Å². The minimum Gasteiger partial charge on any atom is -0.446 e. The molecule has 0 aromatic heterocycles. The molecule has 3 aliphatic carbocycles. The quantitative estimate of drug-likeness (QED) is 0.224. The van der Waals surface area contributed by atoms with Gasteiger partial charge in [-0.1, -0.05) is 25.0 Å². The highest BCUT2D eigenvalue weighted by Crippen LogP contribution is 2.40. The monoisotopic (exact) mass is 550 g/mol. The van der Waals surface area contributed by atoms with Gasteiger partial charge in [0.25, 0.3) is 0 Å². The third kappa shape index (κ3) is 8.28. The average Bonchev–Trinajstić information content (AvgIpc) is 3.77. The number of hydrogen-bond acceptors (Lipinski definition) is 6. The van der Waals surface area contributed by atoms with E-state index in [0.717, 1.165) is 70.6 Å². The van der Waals surface area contributed by atoms with Gasteiger partial charge in [-0.2, -0.15) is 0 Å². The van der Waals surface area contributed by atoms with Crippen molar-refractivity contribution >= 4 is 34.8 Å². The Morgan fingerprint density at radius 1 is 1.03 bits per heavy atom. The summed E-state index contributed by atoms with van der Waals surface area (Å²) in [7, 11) is -1.22. The number of ether oxygens (including phenoxy) is 1. The van der Waals surface area contributed by atoms with Crippen LogP contribution in [0.5, 0.6) is 0 Å². The van der Waals surface area contributed by atoms with Crippen molar-refractivity contribution in [3.8, 4) is 0 Å². The van der Waals surface area contributed by atoms with Gasteiger partial charge in [-0.3, -0.25) is 19.1 Å². The predicted octanol–water partition coefficient (Wildman–Crippen LogP) is 2.59. The number of alkyl carbamates (subject to hydrolysis) is 1. The average molecular weight is 551 g/mol. The molecule has 5 atom stereocenters. The van der Waals surface area contributed by atoms with Crippen LogP contribution in [0.2, 0.25) is 0 Å². The van der Waals surface area contributed by atoms with Crippen LogP contribution >= 0.6 is 0 Å². The first kappa shape index (κ1) is 28.6. The maximum Gasteiger partial charge on any atom is 0.408 e. The Morgan fingerprint density at radius 2 is 1.79 bits per heavy atom. The van der Waals surface area contributed by atoms with Crippen molar-refractivity contribution < 1.29 is 28.1 Å². The normalized spacial score (nSPS) is 26.7. The van der Waals surface area contributed by atoms with E-state index in [1.54, 1.807) is 0 Å². The van der Waals surface area contributed by atoms with Gasteiger partial charge < -0.3 is 20.7 Å². The van der Waals surface area contributed by atoms with Crippen LogP contribution in [0.15, 0.2) is 12.2 Å². The van der Waals surface area contributed by atoms with Crippen LogP contribution < -0.4 is 15.8 Å². The van der Waals surface area contributed by atoms with Gasteiger partial charge in [0, 0.05) is 12.5 Å². The minimum absolute atomic E-state index is 0.0643. The van der Waals surface area contributed by atoms with E-state index in [9.17, 15) is 23.4 Å². The van der Waals surface area contributed by atoms with E-state index in [1.165, 1.54) is 4.90 Å². The molecule has 4 aliphatic rings. The lowest BCUT2D eigenvalue weighted by molar-refractivity contribution is -0.139. The molecule has 1 aliphatic heterocycles. The second-order valence-electron chi connectivity index (χ2n) is 11.1. The number of carbonyl (C=O) groups excluding carboxylic acids is 4. The molecule has 38 heavy (non-hydrogen) atoms. The van der Waals surface area contributed by atoms with E-state index in [0.29, 0.717) is 25.8 Å². The van der Waals surface area contributed by atoms with Crippen LogP contribution in [0.1, 0.15) is 89.9 Å². The predicted molar refractivity (Wildman–Crippen MR) is 143 cm³/mol. The highest BCUT2D eigenvalue weighted by molar-refractivity contribution is 7.84. The van der Waals surface area contributed by atoms with Crippen LogP contribution in [0, 0.1) is 11.8 Å². The van der Waals surface area contributed by atoms with Gasteiger partial charge in [0.15, 0.2) is 0 Å². The lowest BCUT2D eigenvalue weighted by Gasteiger charge is -2.28. The van der Waals surface area contributed by atoms with Crippen molar-refractivity contribution in [2.75, 3.05) is 6.54 Å². The smallest absolute Gasteiger partial charge is 0.408 e. The van der Waals surface area contributed by atoms with Crippen LogP contribution in [-0.2, 0) is 30.1 Å². The van der Waals surface area contributed by atoms with E-state index in [-0.39, 0.29) is 35.0 Å². The Kier molecular flexibility index (Phi) is 10.2. The number of likely N-dealkylation sites (tertiary alicyclic amines) is 1. The first-order valence-corrected chi connectivity index (χ1v) is 15.5. The highest BCUT2D eigenvalue weighted by Gasteiger charge is 2.42. The maximum absolute atomic E-state index is 13.3. The van der Waals surface area contributed by atoms with Crippen molar-refractivity contribution in [3.05, 3.63) is 12.2 Å². The van der Waals surface area contributed by atoms with Crippen molar-refractivity contribution in [1.29, 1.82) is 0 Å². The molecule has 0 aromatic rings. The minimum atomic E-state index is -1.22. The summed E-state index contributed by atoms with van der Waals surface area (Å²) in [4.78, 5) is 51.2. The number of allylic oxidation sites excluding steroid dienone is 2. The molecule has 3 saturated carbocycles.